The predicted octanol–water partition coefficient (Wildman–Crippen LogP) is 2.52. The Kier molecular flexibility index (Phi) is 4.98. The lowest BCUT2D eigenvalue weighted by molar-refractivity contribution is -0.113. The van der Waals surface area contributed by atoms with Crippen molar-refractivity contribution in [2.24, 2.45) is 11.3 Å². The van der Waals surface area contributed by atoms with Crippen LogP contribution in [0.25, 0.3) is 0 Å². The lowest BCUT2D eigenvalue weighted by Crippen LogP contribution is -2.42. The van der Waals surface area contributed by atoms with Crippen molar-refractivity contribution in [1.29, 1.82) is 0 Å². The van der Waals surface area contributed by atoms with Crippen molar-refractivity contribution in [3.05, 3.63) is 12.2 Å². The summed E-state index contributed by atoms with van der Waals surface area (Å²) in [5.41, 5.74) is 0.280. The van der Waals surface area contributed by atoms with E-state index in [0.29, 0.717) is 5.92 Å². The van der Waals surface area contributed by atoms with E-state index in [0.717, 1.165) is 18.4 Å². The highest BCUT2D eigenvalue weighted by molar-refractivity contribution is 5.03. The Morgan fingerprint density at radius 2 is 2.11 bits per heavy atom. The quantitative estimate of drug-likeness (QED) is 0.743. The Balaban J connectivity index is 2.65. The Hall–Kier alpha value is -0.380. The number of aliphatic hydroxyl groups is 2. The summed E-state index contributed by atoms with van der Waals surface area (Å²) in [6, 6.07) is 0. The van der Waals surface area contributed by atoms with Gasteiger partial charge in [-0.25, -0.2) is 0 Å². The van der Waals surface area contributed by atoms with Crippen molar-refractivity contribution >= 4 is 0 Å². The third-order valence-electron chi connectivity index (χ3n) is 3.92. The first-order chi connectivity index (χ1) is 8.17. The number of hydrogen-bond acceptors (Lipinski definition) is 3. The van der Waals surface area contributed by atoms with E-state index in [9.17, 15) is 5.11 Å². The van der Waals surface area contributed by atoms with Crippen LogP contribution in [-0.2, 0) is 4.74 Å². The summed E-state index contributed by atoms with van der Waals surface area (Å²) < 4.78 is 5.88. The van der Waals surface area contributed by atoms with Crippen molar-refractivity contribution in [2.75, 3.05) is 13.2 Å². The zero-order chi connectivity index (χ0) is 14.0. The molecule has 3 unspecified atom stereocenters. The maximum atomic E-state index is 9.81. The third kappa shape index (κ3) is 4.38. The van der Waals surface area contributed by atoms with Crippen LogP contribution in [0.1, 0.15) is 47.0 Å². The molecule has 0 saturated heterocycles. The van der Waals surface area contributed by atoms with Crippen LogP contribution in [0.3, 0.4) is 0 Å². The highest BCUT2D eigenvalue weighted by Gasteiger charge is 2.36. The van der Waals surface area contributed by atoms with Crippen molar-refractivity contribution in [1.82, 2.24) is 0 Å². The molecule has 106 valence electrons. The second kappa shape index (κ2) is 5.72. The molecule has 18 heavy (non-hydrogen) atoms. The maximum Gasteiger partial charge on any atom is 0.108 e. The lowest BCUT2D eigenvalue weighted by Gasteiger charge is -2.41. The molecule has 0 aromatic rings. The highest BCUT2D eigenvalue weighted by Crippen LogP contribution is 2.42. The molecule has 3 atom stereocenters. The molecule has 0 radical (unpaired) electrons. The molecule has 0 aromatic heterocycles. The molecule has 0 bridgehead atoms. The first-order valence-corrected chi connectivity index (χ1v) is 6.77. The van der Waals surface area contributed by atoms with Crippen LogP contribution >= 0.6 is 0 Å². The van der Waals surface area contributed by atoms with Gasteiger partial charge in [-0.2, -0.15) is 0 Å². The molecule has 0 aliphatic heterocycles. The molecular weight excluding hydrogens is 228 g/mol. The SMILES string of the molecule is C=C(C)C1CCC(C)(C)CC1OCC(C)(O)CO. The van der Waals surface area contributed by atoms with Crippen LogP contribution in [0, 0.1) is 11.3 Å². The molecule has 1 rings (SSSR count). The van der Waals surface area contributed by atoms with E-state index in [1.165, 1.54) is 6.42 Å². The minimum absolute atomic E-state index is 0.101. The summed E-state index contributed by atoms with van der Waals surface area (Å²) in [4.78, 5) is 0. The molecule has 3 heteroatoms. The Bertz CT molecular complexity index is 294. The first-order valence-electron chi connectivity index (χ1n) is 6.77. The van der Waals surface area contributed by atoms with Crippen LogP contribution in [0.4, 0.5) is 0 Å². The van der Waals surface area contributed by atoms with Gasteiger partial charge in [0.25, 0.3) is 0 Å². The smallest absolute Gasteiger partial charge is 0.108 e. The Labute approximate surface area is 111 Å². The van der Waals surface area contributed by atoms with Crippen molar-refractivity contribution in [3.8, 4) is 0 Å². The summed E-state index contributed by atoms with van der Waals surface area (Å²) in [5.74, 6) is 0.368. The Morgan fingerprint density at radius 1 is 1.50 bits per heavy atom. The zero-order valence-corrected chi connectivity index (χ0v) is 12.2. The highest BCUT2D eigenvalue weighted by atomic mass is 16.5. The van der Waals surface area contributed by atoms with Gasteiger partial charge >= 0.3 is 0 Å². The molecule has 0 aromatic carbocycles. The zero-order valence-electron chi connectivity index (χ0n) is 12.2. The molecule has 1 aliphatic rings. The molecule has 1 fully saturated rings. The normalized spacial score (nSPS) is 30.8. The van der Waals surface area contributed by atoms with Crippen molar-refractivity contribution in [3.63, 3.8) is 0 Å². The van der Waals surface area contributed by atoms with Gasteiger partial charge in [-0.3, -0.25) is 0 Å². The maximum absolute atomic E-state index is 9.81. The van der Waals surface area contributed by atoms with E-state index in [1.807, 2.05) is 6.92 Å². The van der Waals surface area contributed by atoms with Crippen LogP contribution in [0.5, 0.6) is 0 Å². The molecule has 3 nitrogen and oxygen atoms in total. The summed E-state index contributed by atoms with van der Waals surface area (Å²) in [7, 11) is 0. The lowest BCUT2D eigenvalue weighted by atomic mass is 9.69. The third-order valence-corrected chi connectivity index (χ3v) is 3.92. The number of aliphatic hydroxyl groups excluding tert-OH is 1. The fourth-order valence-electron chi connectivity index (χ4n) is 2.59. The van der Waals surface area contributed by atoms with Gasteiger partial charge in [0.05, 0.1) is 19.3 Å². The predicted molar refractivity (Wildman–Crippen MR) is 73.4 cm³/mol. The number of hydrogen-bond donors (Lipinski definition) is 2. The molecule has 0 spiro atoms. The van der Waals surface area contributed by atoms with Crippen LogP contribution in [0.15, 0.2) is 12.2 Å². The van der Waals surface area contributed by atoms with Gasteiger partial charge in [-0.15, -0.1) is 0 Å². The van der Waals surface area contributed by atoms with E-state index >= 15 is 0 Å². The molecular formula is C15H28O3. The fourth-order valence-corrected chi connectivity index (χ4v) is 2.59. The molecule has 0 amide bonds. The molecule has 1 aliphatic carbocycles. The summed E-state index contributed by atoms with van der Waals surface area (Å²) in [5, 5.41) is 18.9. The molecule has 2 N–H and O–H groups in total. The van der Waals surface area contributed by atoms with Crippen molar-refractivity contribution < 1.29 is 14.9 Å². The number of rotatable bonds is 5. The van der Waals surface area contributed by atoms with Gasteiger partial charge in [-0.05, 0) is 38.5 Å². The molecule has 1 saturated carbocycles. The van der Waals surface area contributed by atoms with Gasteiger partial charge in [0.2, 0.25) is 0 Å². The first kappa shape index (κ1) is 15.7. The van der Waals surface area contributed by atoms with E-state index in [1.54, 1.807) is 6.92 Å². The summed E-state index contributed by atoms with van der Waals surface area (Å²) in [6.07, 6.45) is 3.35. The van der Waals surface area contributed by atoms with Gasteiger partial charge in [-0.1, -0.05) is 26.0 Å². The second-order valence-electron chi connectivity index (χ2n) is 6.86. The van der Waals surface area contributed by atoms with E-state index in [2.05, 4.69) is 20.4 Å². The number of ether oxygens (including phenoxy) is 1. The van der Waals surface area contributed by atoms with Gasteiger partial charge < -0.3 is 14.9 Å². The van der Waals surface area contributed by atoms with Gasteiger partial charge in [0, 0.05) is 5.92 Å². The van der Waals surface area contributed by atoms with Crippen LogP contribution < -0.4 is 0 Å². The minimum atomic E-state index is -1.15. The fraction of sp³-hybridized carbons (Fsp3) is 0.867. The van der Waals surface area contributed by atoms with Gasteiger partial charge in [0.15, 0.2) is 0 Å². The average Bonchev–Trinajstić information content (AvgIpc) is 2.25. The topological polar surface area (TPSA) is 49.7 Å². The summed E-state index contributed by atoms with van der Waals surface area (Å²) in [6.45, 7) is 12.1. The van der Waals surface area contributed by atoms with Crippen molar-refractivity contribution in [2.45, 2.75) is 58.7 Å². The largest absolute Gasteiger partial charge is 0.393 e. The van der Waals surface area contributed by atoms with Crippen LogP contribution in [-0.4, -0.2) is 35.1 Å². The van der Waals surface area contributed by atoms with Crippen LogP contribution in [0.2, 0.25) is 0 Å². The summed E-state index contributed by atoms with van der Waals surface area (Å²) >= 11 is 0. The van der Waals surface area contributed by atoms with E-state index < -0.39 is 5.60 Å². The molecule has 0 heterocycles. The Morgan fingerprint density at radius 3 is 2.61 bits per heavy atom. The average molecular weight is 256 g/mol. The second-order valence-corrected chi connectivity index (χ2v) is 6.86. The monoisotopic (exact) mass is 256 g/mol. The minimum Gasteiger partial charge on any atom is -0.393 e. The standard InChI is InChI=1S/C15H28O3/c1-11(2)12-6-7-14(3,4)8-13(12)18-10-15(5,17)9-16/h12-13,16-17H,1,6-10H2,2-5H3. The van der Waals surface area contributed by atoms with E-state index in [-0.39, 0.29) is 24.7 Å². The van der Waals surface area contributed by atoms with E-state index in [4.69, 9.17) is 9.84 Å². The van der Waals surface area contributed by atoms with Gasteiger partial charge in [0.1, 0.15) is 5.60 Å².